The van der Waals surface area contributed by atoms with Crippen molar-refractivity contribution in [2.45, 2.75) is 13.1 Å². The molecule has 0 saturated heterocycles. The van der Waals surface area contributed by atoms with Gasteiger partial charge in [0, 0.05) is 19.8 Å². The van der Waals surface area contributed by atoms with E-state index >= 15 is 0 Å². The number of benzene rings is 2. The lowest BCUT2D eigenvalue weighted by atomic mass is 10.2. The largest absolute Gasteiger partial charge is 0.300 e. The lowest BCUT2D eigenvalue weighted by molar-refractivity contribution is 0.582. The van der Waals surface area contributed by atoms with Gasteiger partial charge in [0.05, 0.1) is 0 Å². The molecule has 0 saturated carbocycles. The molecule has 0 radical (unpaired) electrons. The van der Waals surface area contributed by atoms with E-state index < -0.39 is 0 Å². The van der Waals surface area contributed by atoms with Crippen LogP contribution in [0.3, 0.4) is 0 Å². The maximum Gasteiger partial charge on any atom is 0.0459 e. The van der Waals surface area contributed by atoms with Crippen LogP contribution < -0.4 is 10.6 Å². The van der Waals surface area contributed by atoms with E-state index in [0.29, 0.717) is 0 Å². The first-order valence-corrected chi connectivity index (χ1v) is 5.94. The molecule has 0 aliphatic rings. The Labute approximate surface area is 127 Å². The van der Waals surface area contributed by atoms with E-state index in [1.54, 1.807) is 0 Å². The van der Waals surface area contributed by atoms with Gasteiger partial charge in [-0.3, -0.25) is 0 Å². The number of rotatable bonds is 6. The first-order valence-electron chi connectivity index (χ1n) is 5.94. The van der Waals surface area contributed by atoms with Crippen molar-refractivity contribution in [2.24, 2.45) is 0 Å². The summed E-state index contributed by atoms with van der Waals surface area (Å²) in [5.41, 5.74) is 2.63. The van der Waals surface area contributed by atoms with E-state index in [2.05, 4.69) is 59.2 Å². The summed E-state index contributed by atoms with van der Waals surface area (Å²) in [5, 5.41) is 6.72. The summed E-state index contributed by atoms with van der Waals surface area (Å²) >= 11 is 0. The van der Waals surface area contributed by atoms with Crippen molar-refractivity contribution in [3.8, 4) is 0 Å². The lowest BCUT2D eigenvalue weighted by Crippen LogP contribution is -2.28. The van der Waals surface area contributed by atoms with Gasteiger partial charge >= 0.3 is 0 Å². The van der Waals surface area contributed by atoms with E-state index in [-0.39, 0.29) is 24.8 Å². The first-order chi connectivity index (χ1) is 8.45. The molecule has 0 aromatic heterocycles. The molecule has 0 unspecified atom stereocenters. The molecule has 0 heterocycles. The van der Waals surface area contributed by atoms with Crippen LogP contribution in [0.4, 0.5) is 0 Å². The summed E-state index contributed by atoms with van der Waals surface area (Å²) in [6.07, 6.45) is 0. The Kier molecular flexibility index (Phi) is 10.2. The highest BCUT2D eigenvalue weighted by atomic mass is 35.5. The van der Waals surface area contributed by atoms with Crippen LogP contribution in [-0.4, -0.2) is 6.67 Å². The molecule has 19 heavy (non-hydrogen) atoms. The highest BCUT2D eigenvalue weighted by Crippen LogP contribution is 1.97. The molecule has 2 nitrogen and oxygen atoms in total. The average molecular weight is 299 g/mol. The molecule has 0 spiro atoms. The fraction of sp³-hybridized carbons (Fsp3) is 0.200. The van der Waals surface area contributed by atoms with Crippen molar-refractivity contribution < 1.29 is 0 Å². The predicted octanol–water partition coefficient (Wildman–Crippen LogP) is 3.37. The van der Waals surface area contributed by atoms with Gasteiger partial charge in [0.15, 0.2) is 0 Å². The predicted molar refractivity (Wildman–Crippen MR) is 85.9 cm³/mol. The lowest BCUT2D eigenvalue weighted by Gasteiger charge is -2.07. The van der Waals surface area contributed by atoms with Gasteiger partial charge in [0.25, 0.3) is 0 Å². The molecule has 2 N–H and O–H groups in total. The summed E-state index contributed by atoms with van der Waals surface area (Å²) in [4.78, 5) is 0. The first kappa shape index (κ1) is 17.9. The van der Waals surface area contributed by atoms with Gasteiger partial charge < -0.3 is 10.6 Å². The molecule has 2 rings (SSSR count). The SMILES string of the molecule is Cl.Cl.c1ccc(CNCNCc2ccccc2)cc1. The summed E-state index contributed by atoms with van der Waals surface area (Å²) in [7, 11) is 0. The molecule has 2 aromatic rings. The standard InChI is InChI=1S/C15H18N2.2ClH/c1-3-7-14(8-4-1)11-16-13-17-12-15-9-5-2-6-10-15;;/h1-10,16-17H,11-13H2;2*1H. The van der Waals surface area contributed by atoms with Crippen LogP contribution in [0.15, 0.2) is 60.7 Å². The normalized spacial score (nSPS) is 9.26. The minimum atomic E-state index is 0. The maximum absolute atomic E-state index is 3.36. The van der Waals surface area contributed by atoms with E-state index in [1.165, 1.54) is 11.1 Å². The number of hydrogen-bond acceptors (Lipinski definition) is 2. The molecule has 4 heteroatoms. The van der Waals surface area contributed by atoms with Crippen LogP contribution in [0.5, 0.6) is 0 Å². The van der Waals surface area contributed by atoms with Gasteiger partial charge in [-0.2, -0.15) is 0 Å². The third kappa shape index (κ3) is 7.19. The fourth-order valence-corrected chi connectivity index (χ4v) is 1.69. The van der Waals surface area contributed by atoms with Crippen molar-refractivity contribution in [1.82, 2.24) is 10.6 Å². The van der Waals surface area contributed by atoms with Crippen molar-refractivity contribution in [1.29, 1.82) is 0 Å². The Morgan fingerprint density at radius 2 is 0.947 bits per heavy atom. The maximum atomic E-state index is 3.36. The number of hydrogen-bond donors (Lipinski definition) is 2. The van der Waals surface area contributed by atoms with E-state index in [4.69, 9.17) is 0 Å². The highest BCUT2D eigenvalue weighted by Gasteiger charge is 1.91. The quantitative estimate of drug-likeness (QED) is 0.631. The highest BCUT2D eigenvalue weighted by molar-refractivity contribution is 5.85. The smallest absolute Gasteiger partial charge is 0.0459 e. The van der Waals surface area contributed by atoms with Crippen LogP contribution in [-0.2, 0) is 13.1 Å². The second-order valence-electron chi connectivity index (χ2n) is 4.00. The van der Waals surface area contributed by atoms with Gasteiger partial charge in [-0.25, -0.2) is 0 Å². The number of halogens is 2. The minimum Gasteiger partial charge on any atom is -0.300 e. The molecule has 0 bridgehead atoms. The minimum absolute atomic E-state index is 0. The molecule has 0 amide bonds. The molecule has 2 aromatic carbocycles. The molecule has 104 valence electrons. The summed E-state index contributed by atoms with van der Waals surface area (Å²) in [6.45, 7) is 2.63. The third-order valence-corrected chi connectivity index (χ3v) is 2.59. The Balaban J connectivity index is 0.00000162. The molecular formula is C15H20Cl2N2. The zero-order chi connectivity index (χ0) is 11.8. The van der Waals surface area contributed by atoms with Gasteiger partial charge in [0.2, 0.25) is 0 Å². The zero-order valence-corrected chi connectivity index (χ0v) is 12.3. The van der Waals surface area contributed by atoms with E-state index in [1.807, 2.05) is 12.1 Å². The molecule has 0 aliphatic heterocycles. The summed E-state index contributed by atoms with van der Waals surface area (Å²) < 4.78 is 0. The Morgan fingerprint density at radius 1 is 0.579 bits per heavy atom. The average Bonchev–Trinajstić information content (AvgIpc) is 2.41. The van der Waals surface area contributed by atoms with Crippen molar-refractivity contribution in [2.75, 3.05) is 6.67 Å². The van der Waals surface area contributed by atoms with Crippen LogP contribution in [0.25, 0.3) is 0 Å². The van der Waals surface area contributed by atoms with E-state index in [9.17, 15) is 0 Å². The summed E-state index contributed by atoms with van der Waals surface area (Å²) in [6, 6.07) is 20.8. The molecular weight excluding hydrogens is 279 g/mol. The van der Waals surface area contributed by atoms with Crippen LogP contribution >= 0.6 is 24.8 Å². The summed E-state index contributed by atoms with van der Waals surface area (Å²) in [5.74, 6) is 0. The van der Waals surface area contributed by atoms with Crippen LogP contribution in [0.1, 0.15) is 11.1 Å². The van der Waals surface area contributed by atoms with Gasteiger partial charge in [-0.1, -0.05) is 60.7 Å². The van der Waals surface area contributed by atoms with Crippen molar-refractivity contribution in [3.63, 3.8) is 0 Å². The third-order valence-electron chi connectivity index (χ3n) is 2.59. The molecule has 0 fully saturated rings. The second kappa shape index (κ2) is 10.8. The monoisotopic (exact) mass is 298 g/mol. The topological polar surface area (TPSA) is 24.1 Å². The molecule has 0 atom stereocenters. The van der Waals surface area contributed by atoms with Crippen LogP contribution in [0, 0.1) is 0 Å². The van der Waals surface area contributed by atoms with Gasteiger partial charge in [-0.05, 0) is 11.1 Å². The molecule has 0 aliphatic carbocycles. The second-order valence-corrected chi connectivity index (χ2v) is 4.00. The Hall–Kier alpha value is -1.06. The van der Waals surface area contributed by atoms with E-state index in [0.717, 1.165) is 19.8 Å². The number of nitrogens with one attached hydrogen (secondary N) is 2. The fourth-order valence-electron chi connectivity index (χ4n) is 1.69. The van der Waals surface area contributed by atoms with Crippen LogP contribution in [0.2, 0.25) is 0 Å². The van der Waals surface area contributed by atoms with Crippen molar-refractivity contribution in [3.05, 3.63) is 71.8 Å². The zero-order valence-electron chi connectivity index (χ0n) is 10.7. The van der Waals surface area contributed by atoms with Gasteiger partial charge in [-0.15, -0.1) is 24.8 Å². The Bertz CT molecular complexity index is 379. The van der Waals surface area contributed by atoms with Crippen molar-refractivity contribution >= 4 is 24.8 Å². The Morgan fingerprint density at radius 3 is 1.32 bits per heavy atom. The van der Waals surface area contributed by atoms with Gasteiger partial charge in [0.1, 0.15) is 0 Å².